The second kappa shape index (κ2) is 3.62. The van der Waals surface area contributed by atoms with Crippen LogP contribution in [-0.2, 0) is 26.1 Å². The van der Waals surface area contributed by atoms with Crippen molar-refractivity contribution in [3.63, 3.8) is 0 Å². The molecule has 2 aromatic rings. The number of phenolic OH excluding ortho intramolecular Hbond substituents is 1. The maximum atomic E-state index is 11.3. The molecule has 77 valence electrons. The van der Waals surface area contributed by atoms with Gasteiger partial charge < -0.3 is 0 Å². The van der Waals surface area contributed by atoms with Crippen molar-refractivity contribution in [1.29, 1.82) is 0 Å². The predicted molar refractivity (Wildman–Crippen MR) is 52.8 cm³/mol. The third-order valence-corrected chi connectivity index (χ3v) is 4.33. The SMILES string of the molecule is O=[S](=O)([Mo])c1cc(O)c2ccccc2c1. The summed E-state index contributed by atoms with van der Waals surface area (Å²) in [6, 6.07) is 9.95. The minimum atomic E-state index is -3.27. The van der Waals surface area contributed by atoms with Crippen LogP contribution < -0.4 is 0 Å². The zero-order chi connectivity index (χ0) is 11.1. The summed E-state index contributed by atoms with van der Waals surface area (Å²) in [7, 11) is -3.27. The van der Waals surface area contributed by atoms with Gasteiger partial charge in [0.15, 0.2) is 0 Å². The normalized spacial score (nSPS) is 11.7. The summed E-state index contributed by atoms with van der Waals surface area (Å²) in [6.45, 7) is 0. The van der Waals surface area contributed by atoms with E-state index in [1.807, 2.05) is 0 Å². The van der Waals surface area contributed by atoms with Crippen LogP contribution in [0.1, 0.15) is 0 Å². The van der Waals surface area contributed by atoms with Crippen LogP contribution in [0.3, 0.4) is 0 Å². The van der Waals surface area contributed by atoms with Gasteiger partial charge in [0, 0.05) is 0 Å². The van der Waals surface area contributed by atoms with E-state index in [9.17, 15) is 13.5 Å². The molecular weight excluding hydrogens is 296 g/mol. The molecule has 2 aromatic carbocycles. The third kappa shape index (κ3) is 2.06. The zero-order valence-corrected chi connectivity index (χ0v) is 10.4. The van der Waals surface area contributed by atoms with Gasteiger partial charge in [0.05, 0.1) is 0 Å². The summed E-state index contributed by atoms with van der Waals surface area (Å²) in [6.07, 6.45) is 0. The van der Waals surface area contributed by atoms with Crippen LogP contribution in [0.5, 0.6) is 5.75 Å². The van der Waals surface area contributed by atoms with E-state index in [1.165, 1.54) is 6.07 Å². The number of fused-ring (bicyclic) bond motifs is 1. The van der Waals surface area contributed by atoms with Crippen molar-refractivity contribution < 1.29 is 32.1 Å². The van der Waals surface area contributed by atoms with Gasteiger partial charge in [-0.05, 0) is 0 Å². The molecular formula is C10H7MoO3S. The molecule has 0 atom stereocenters. The van der Waals surface area contributed by atoms with Crippen LogP contribution in [-0.4, -0.2) is 13.5 Å². The number of rotatable bonds is 1. The van der Waals surface area contributed by atoms with Gasteiger partial charge in [-0.15, -0.1) is 0 Å². The van der Waals surface area contributed by atoms with Gasteiger partial charge in [-0.25, -0.2) is 0 Å². The fourth-order valence-corrected chi connectivity index (χ4v) is 2.64. The van der Waals surface area contributed by atoms with Crippen LogP contribution >= 0.6 is 0 Å². The summed E-state index contributed by atoms with van der Waals surface area (Å²) < 4.78 is 22.6. The molecule has 3 nitrogen and oxygen atoms in total. The molecule has 0 aliphatic carbocycles. The Morgan fingerprint density at radius 3 is 2.47 bits per heavy atom. The van der Waals surface area contributed by atoms with Crippen LogP contribution in [0.15, 0.2) is 41.3 Å². The molecule has 5 heteroatoms. The summed E-state index contributed by atoms with van der Waals surface area (Å²) in [5.41, 5.74) is 0. The van der Waals surface area contributed by atoms with Gasteiger partial charge in [-0.3, -0.25) is 0 Å². The first-order valence-corrected chi connectivity index (χ1v) is 8.03. The Bertz CT molecular complexity index is 620. The summed E-state index contributed by atoms with van der Waals surface area (Å²) >= 11 is 1.04. The summed E-state index contributed by atoms with van der Waals surface area (Å²) in [5, 5.41) is 11.0. The standard InChI is InChI=1S/C10H7O3S.Mo/c11-10-6-8(14(12)13)5-7-3-1-2-4-9(7)10;/h1-6,11H;. The van der Waals surface area contributed by atoms with E-state index in [4.69, 9.17) is 0 Å². The van der Waals surface area contributed by atoms with Crippen molar-refractivity contribution >= 4 is 18.3 Å². The monoisotopic (exact) mass is 305 g/mol. The minimum absolute atomic E-state index is 0.00440. The van der Waals surface area contributed by atoms with Crippen molar-refractivity contribution in [3.05, 3.63) is 36.4 Å². The Hall–Kier alpha value is -0.862. The average molecular weight is 303 g/mol. The van der Waals surface area contributed by atoms with Crippen molar-refractivity contribution in [2.45, 2.75) is 4.90 Å². The van der Waals surface area contributed by atoms with E-state index < -0.39 is 7.54 Å². The molecule has 0 amide bonds. The molecule has 0 fully saturated rings. The average Bonchev–Trinajstić information content (AvgIpc) is 2.16. The van der Waals surface area contributed by atoms with Crippen LogP contribution in [0.4, 0.5) is 0 Å². The van der Waals surface area contributed by atoms with Gasteiger partial charge in [0.25, 0.3) is 0 Å². The van der Waals surface area contributed by atoms with Crippen LogP contribution in [0, 0.1) is 0 Å². The summed E-state index contributed by atoms with van der Waals surface area (Å²) in [5.74, 6) is -0.00440. The predicted octanol–water partition coefficient (Wildman–Crippen LogP) is 1.78. The van der Waals surface area contributed by atoms with Crippen molar-refractivity contribution in [2.24, 2.45) is 0 Å². The molecule has 0 radical (unpaired) electrons. The molecule has 0 unspecified atom stereocenters. The van der Waals surface area contributed by atoms with Crippen LogP contribution in [0.2, 0.25) is 0 Å². The third-order valence-electron chi connectivity index (χ3n) is 2.10. The van der Waals surface area contributed by atoms with E-state index in [2.05, 4.69) is 0 Å². The fourth-order valence-electron chi connectivity index (χ4n) is 1.41. The van der Waals surface area contributed by atoms with E-state index in [-0.39, 0.29) is 10.6 Å². The first-order chi connectivity index (χ1) is 6.98. The maximum absolute atomic E-state index is 11.3. The van der Waals surface area contributed by atoms with E-state index in [0.29, 0.717) is 5.39 Å². The zero-order valence-electron chi connectivity index (χ0n) is 7.54. The molecule has 0 saturated carbocycles. The molecule has 0 spiro atoms. The van der Waals surface area contributed by atoms with Gasteiger partial charge >= 0.3 is 97.4 Å². The first kappa shape index (κ1) is 10.6. The first-order valence-electron chi connectivity index (χ1n) is 4.16. The molecule has 1 N–H and O–H groups in total. The summed E-state index contributed by atoms with van der Waals surface area (Å²) in [4.78, 5) is 0.142. The topological polar surface area (TPSA) is 54.4 Å². The number of hydrogen-bond donors (Lipinski definition) is 1. The Labute approximate surface area is 97.3 Å². The Kier molecular flexibility index (Phi) is 2.57. The Balaban J connectivity index is 2.85. The Morgan fingerprint density at radius 1 is 1.13 bits per heavy atom. The van der Waals surface area contributed by atoms with Gasteiger partial charge in [0.1, 0.15) is 0 Å². The molecule has 2 rings (SSSR count). The molecule has 0 aliphatic rings. The molecule has 0 saturated heterocycles. The van der Waals surface area contributed by atoms with E-state index in [1.54, 1.807) is 30.3 Å². The van der Waals surface area contributed by atoms with Crippen molar-refractivity contribution in [1.82, 2.24) is 0 Å². The molecule has 0 aliphatic heterocycles. The fraction of sp³-hybridized carbons (Fsp3) is 0. The second-order valence-corrected chi connectivity index (χ2v) is 7.73. The van der Waals surface area contributed by atoms with Crippen molar-refractivity contribution in [3.8, 4) is 5.75 Å². The molecule has 0 heterocycles. The second-order valence-electron chi connectivity index (χ2n) is 3.12. The number of aromatic hydroxyl groups is 1. The van der Waals surface area contributed by atoms with Crippen molar-refractivity contribution in [2.75, 3.05) is 0 Å². The van der Waals surface area contributed by atoms with Gasteiger partial charge in [0.2, 0.25) is 0 Å². The quantitative estimate of drug-likeness (QED) is 0.817. The number of phenols is 1. The number of hydrogen-bond acceptors (Lipinski definition) is 3. The van der Waals surface area contributed by atoms with E-state index >= 15 is 0 Å². The number of benzene rings is 2. The van der Waals surface area contributed by atoms with Gasteiger partial charge in [-0.2, -0.15) is 0 Å². The van der Waals surface area contributed by atoms with Gasteiger partial charge in [-0.1, -0.05) is 0 Å². The van der Waals surface area contributed by atoms with Crippen LogP contribution in [0.25, 0.3) is 10.8 Å². The molecule has 0 bridgehead atoms. The molecule has 15 heavy (non-hydrogen) atoms. The Morgan fingerprint density at radius 2 is 1.80 bits per heavy atom. The van der Waals surface area contributed by atoms with E-state index in [0.717, 1.165) is 23.9 Å². The molecule has 0 aromatic heterocycles.